The lowest BCUT2D eigenvalue weighted by Crippen LogP contribution is -2.13. The zero-order chi connectivity index (χ0) is 18.0. The molecule has 0 aromatic heterocycles. The first-order valence-electron chi connectivity index (χ1n) is 10.8. The largest absolute Gasteiger partial charge is 0.481 e. The van der Waals surface area contributed by atoms with E-state index in [4.69, 9.17) is 0 Å². The molecule has 0 heterocycles. The minimum atomic E-state index is -0.572. The molecule has 0 fully saturated rings. The van der Waals surface area contributed by atoms with Gasteiger partial charge in [-0.15, -0.1) is 0 Å². The maximum atomic E-state index is 11.4. The highest BCUT2D eigenvalue weighted by atomic mass is 16.4. The van der Waals surface area contributed by atoms with Gasteiger partial charge in [-0.2, -0.15) is 0 Å². The van der Waals surface area contributed by atoms with Crippen molar-refractivity contribution in [2.24, 2.45) is 11.8 Å². The SMILES string of the molecule is CCCCCCCCCCC(CCCCCCCC(C)C)C(=O)O. The van der Waals surface area contributed by atoms with E-state index in [0.29, 0.717) is 0 Å². The first-order valence-corrected chi connectivity index (χ1v) is 10.8. The van der Waals surface area contributed by atoms with Crippen LogP contribution in [0, 0.1) is 11.8 Å². The molecule has 2 nitrogen and oxygen atoms in total. The minimum absolute atomic E-state index is 0.0965. The number of unbranched alkanes of at least 4 members (excludes halogenated alkanes) is 11. The van der Waals surface area contributed by atoms with Gasteiger partial charge in [-0.25, -0.2) is 0 Å². The molecule has 0 bridgehead atoms. The zero-order valence-corrected chi connectivity index (χ0v) is 16.8. The van der Waals surface area contributed by atoms with Crippen LogP contribution in [0.1, 0.15) is 124 Å². The van der Waals surface area contributed by atoms with Crippen LogP contribution < -0.4 is 0 Å². The van der Waals surface area contributed by atoms with Crippen LogP contribution in [0.4, 0.5) is 0 Å². The number of carbonyl (C=O) groups is 1. The molecule has 0 aliphatic heterocycles. The number of rotatable bonds is 18. The fourth-order valence-electron chi connectivity index (χ4n) is 3.39. The summed E-state index contributed by atoms with van der Waals surface area (Å²) in [6.45, 7) is 6.81. The van der Waals surface area contributed by atoms with E-state index in [1.54, 1.807) is 0 Å². The Morgan fingerprint density at radius 1 is 0.667 bits per heavy atom. The van der Waals surface area contributed by atoms with Crippen LogP contribution in [0.25, 0.3) is 0 Å². The maximum Gasteiger partial charge on any atom is 0.306 e. The van der Waals surface area contributed by atoms with E-state index in [0.717, 1.165) is 31.6 Å². The summed E-state index contributed by atoms with van der Waals surface area (Å²) >= 11 is 0. The van der Waals surface area contributed by atoms with Crippen LogP contribution in [0.5, 0.6) is 0 Å². The summed E-state index contributed by atoms with van der Waals surface area (Å²) in [6, 6.07) is 0. The second-order valence-corrected chi connectivity index (χ2v) is 8.04. The third-order valence-corrected chi connectivity index (χ3v) is 5.09. The van der Waals surface area contributed by atoms with Crippen molar-refractivity contribution in [1.29, 1.82) is 0 Å². The summed E-state index contributed by atoms with van der Waals surface area (Å²) in [5.74, 6) is 0.145. The molecule has 0 saturated carbocycles. The molecular weight excluding hydrogens is 296 g/mol. The molecule has 0 aromatic carbocycles. The molecule has 0 saturated heterocycles. The van der Waals surface area contributed by atoms with Crippen molar-refractivity contribution in [2.75, 3.05) is 0 Å². The molecule has 1 atom stereocenters. The van der Waals surface area contributed by atoms with Crippen molar-refractivity contribution in [3.63, 3.8) is 0 Å². The van der Waals surface area contributed by atoms with Gasteiger partial charge in [-0.1, -0.05) is 111 Å². The predicted octanol–water partition coefficient (Wildman–Crippen LogP) is 7.60. The third kappa shape index (κ3) is 16.3. The summed E-state index contributed by atoms with van der Waals surface area (Å²) in [7, 11) is 0. The van der Waals surface area contributed by atoms with Crippen molar-refractivity contribution in [3.05, 3.63) is 0 Å². The summed E-state index contributed by atoms with van der Waals surface area (Å²) in [4.78, 5) is 11.4. The van der Waals surface area contributed by atoms with Gasteiger partial charge >= 0.3 is 5.97 Å². The molecule has 0 amide bonds. The first-order chi connectivity index (χ1) is 11.6. The van der Waals surface area contributed by atoms with Gasteiger partial charge in [0.25, 0.3) is 0 Å². The van der Waals surface area contributed by atoms with Crippen molar-refractivity contribution >= 4 is 5.97 Å². The van der Waals surface area contributed by atoms with Crippen molar-refractivity contribution < 1.29 is 9.90 Å². The number of carboxylic acids is 1. The van der Waals surface area contributed by atoms with Gasteiger partial charge in [0.05, 0.1) is 5.92 Å². The fourth-order valence-corrected chi connectivity index (χ4v) is 3.39. The molecule has 2 heteroatoms. The standard InChI is InChI=1S/C22H44O2/c1-4-5-6-7-8-9-12-15-18-21(22(23)24)19-16-13-10-11-14-17-20(2)3/h20-21H,4-19H2,1-3H3,(H,23,24). The monoisotopic (exact) mass is 340 g/mol. The van der Waals surface area contributed by atoms with Gasteiger partial charge < -0.3 is 5.11 Å². The molecule has 1 N–H and O–H groups in total. The maximum absolute atomic E-state index is 11.4. The Balaban J connectivity index is 3.52. The second-order valence-electron chi connectivity index (χ2n) is 8.04. The highest BCUT2D eigenvalue weighted by molar-refractivity contribution is 5.69. The van der Waals surface area contributed by atoms with Crippen LogP contribution in [0.3, 0.4) is 0 Å². The molecule has 0 aliphatic rings. The van der Waals surface area contributed by atoms with E-state index in [1.807, 2.05) is 0 Å². The first kappa shape index (κ1) is 23.5. The Labute approximate surface area is 151 Å². The van der Waals surface area contributed by atoms with Crippen molar-refractivity contribution in [1.82, 2.24) is 0 Å². The number of hydrogen-bond donors (Lipinski definition) is 1. The average molecular weight is 341 g/mol. The molecule has 0 aliphatic carbocycles. The highest BCUT2D eigenvalue weighted by Crippen LogP contribution is 2.20. The van der Waals surface area contributed by atoms with E-state index >= 15 is 0 Å². The van der Waals surface area contributed by atoms with Crippen LogP contribution in [0.2, 0.25) is 0 Å². The lowest BCUT2D eigenvalue weighted by atomic mass is 9.94. The van der Waals surface area contributed by atoms with Gasteiger partial charge in [-0.05, 0) is 18.8 Å². The van der Waals surface area contributed by atoms with Gasteiger partial charge in [0.15, 0.2) is 0 Å². The Kier molecular flexibility index (Phi) is 16.9. The molecule has 0 rings (SSSR count). The Morgan fingerprint density at radius 2 is 1.04 bits per heavy atom. The van der Waals surface area contributed by atoms with Gasteiger partial charge in [0, 0.05) is 0 Å². The molecule has 24 heavy (non-hydrogen) atoms. The van der Waals surface area contributed by atoms with E-state index in [-0.39, 0.29) is 5.92 Å². The third-order valence-electron chi connectivity index (χ3n) is 5.09. The Morgan fingerprint density at radius 3 is 1.42 bits per heavy atom. The number of carboxylic acid groups (broad SMARTS) is 1. The van der Waals surface area contributed by atoms with Crippen molar-refractivity contribution in [3.8, 4) is 0 Å². The van der Waals surface area contributed by atoms with E-state index in [2.05, 4.69) is 20.8 Å². The van der Waals surface area contributed by atoms with Crippen LogP contribution in [-0.2, 0) is 4.79 Å². The molecule has 144 valence electrons. The Bertz CT molecular complexity index is 273. The number of hydrogen-bond acceptors (Lipinski definition) is 1. The second kappa shape index (κ2) is 17.3. The lowest BCUT2D eigenvalue weighted by molar-refractivity contribution is -0.142. The van der Waals surface area contributed by atoms with Gasteiger partial charge in [-0.3, -0.25) is 4.79 Å². The van der Waals surface area contributed by atoms with E-state index < -0.39 is 5.97 Å². The highest BCUT2D eigenvalue weighted by Gasteiger charge is 2.16. The molecule has 0 radical (unpaired) electrons. The summed E-state index contributed by atoms with van der Waals surface area (Å²) in [6.07, 6.45) is 19.6. The normalized spacial score (nSPS) is 12.7. The van der Waals surface area contributed by atoms with Crippen LogP contribution >= 0.6 is 0 Å². The fraction of sp³-hybridized carbons (Fsp3) is 0.955. The summed E-state index contributed by atoms with van der Waals surface area (Å²) < 4.78 is 0. The Hall–Kier alpha value is -0.530. The molecule has 1 unspecified atom stereocenters. The molecule has 0 spiro atoms. The minimum Gasteiger partial charge on any atom is -0.481 e. The molecule has 0 aromatic rings. The lowest BCUT2D eigenvalue weighted by Gasteiger charge is -2.12. The zero-order valence-electron chi connectivity index (χ0n) is 16.8. The topological polar surface area (TPSA) is 37.3 Å². The smallest absolute Gasteiger partial charge is 0.306 e. The quantitative estimate of drug-likeness (QED) is 0.261. The summed E-state index contributed by atoms with van der Waals surface area (Å²) in [5, 5.41) is 9.37. The van der Waals surface area contributed by atoms with Crippen molar-refractivity contribution in [2.45, 2.75) is 124 Å². The van der Waals surface area contributed by atoms with Crippen LogP contribution in [-0.4, -0.2) is 11.1 Å². The summed E-state index contributed by atoms with van der Waals surface area (Å²) in [5.41, 5.74) is 0. The predicted molar refractivity (Wildman–Crippen MR) is 106 cm³/mol. The van der Waals surface area contributed by atoms with E-state index in [9.17, 15) is 9.90 Å². The number of aliphatic carboxylic acids is 1. The van der Waals surface area contributed by atoms with Crippen LogP contribution in [0.15, 0.2) is 0 Å². The molecular formula is C22H44O2. The average Bonchev–Trinajstić information content (AvgIpc) is 2.53. The van der Waals surface area contributed by atoms with Gasteiger partial charge in [0.1, 0.15) is 0 Å². The van der Waals surface area contributed by atoms with E-state index in [1.165, 1.54) is 77.0 Å². The van der Waals surface area contributed by atoms with Gasteiger partial charge in [0.2, 0.25) is 0 Å².